The highest BCUT2D eigenvalue weighted by molar-refractivity contribution is 6.31. The van der Waals surface area contributed by atoms with Gasteiger partial charge in [-0.25, -0.2) is 4.79 Å². The van der Waals surface area contributed by atoms with Gasteiger partial charge in [-0.2, -0.15) is 0 Å². The fourth-order valence-electron chi connectivity index (χ4n) is 2.29. The highest BCUT2D eigenvalue weighted by atomic mass is 35.5. The molecule has 0 saturated heterocycles. The minimum absolute atomic E-state index is 0.121. The summed E-state index contributed by atoms with van der Waals surface area (Å²) in [4.78, 5) is 24.9. The molecule has 0 aliphatic rings. The zero-order valence-corrected chi connectivity index (χ0v) is 15.7. The average molecular weight is 378 g/mol. The smallest absolute Gasteiger partial charge is 0.346 e. The number of aryl methyl sites for hydroxylation is 1. The number of ether oxygens (including phenoxy) is 3. The van der Waals surface area contributed by atoms with Crippen LogP contribution in [0.15, 0.2) is 36.4 Å². The second-order valence-electron chi connectivity index (χ2n) is 5.53. The molecule has 0 aliphatic heterocycles. The van der Waals surface area contributed by atoms with E-state index in [0.29, 0.717) is 22.2 Å². The maximum Gasteiger partial charge on any atom is 0.346 e. The van der Waals surface area contributed by atoms with Crippen molar-refractivity contribution in [3.63, 3.8) is 0 Å². The molecule has 0 fully saturated rings. The van der Waals surface area contributed by atoms with Crippen LogP contribution in [0.1, 0.15) is 22.8 Å². The number of methoxy groups -OCH3 is 2. The lowest BCUT2D eigenvalue weighted by atomic mass is 10.1. The molecule has 0 saturated carbocycles. The third-order valence-corrected chi connectivity index (χ3v) is 3.98. The molecule has 0 heterocycles. The van der Waals surface area contributed by atoms with Gasteiger partial charge in [-0.1, -0.05) is 23.7 Å². The highest BCUT2D eigenvalue weighted by Crippen LogP contribution is 2.29. The van der Waals surface area contributed by atoms with Gasteiger partial charge in [0.15, 0.2) is 6.10 Å². The van der Waals surface area contributed by atoms with E-state index >= 15 is 0 Å². The number of hydrogen-bond donors (Lipinski definition) is 1. The quantitative estimate of drug-likeness (QED) is 0.774. The predicted molar refractivity (Wildman–Crippen MR) is 99.2 cm³/mol. The fraction of sp³-hybridized carbons (Fsp3) is 0.263. The molecule has 138 valence electrons. The molecule has 0 spiro atoms. The predicted octanol–water partition coefficient (Wildman–Crippen LogP) is 3.85. The van der Waals surface area contributed by atoms with Crippen LogP contribution in [0, 0.1) is 6.92 Å². The Morgan fingerprint density at radius 3 is 2.27 bits per heavy atom. The van der Waals surface area contributed by atoms with Crippen LogP contribution < -0.4 is 14.8 Å². The van der Waals surface area contributed by atoms with Crippen molar-refractivity contribution in [2.75, 3.05) is 19.5 Å². The zero-order valence-electron chi connectivity index (χ0n) is 15.0. The monoisotopic (exact) mass is 377 g/mol. The van der Waals surface area contributed by atoms with Gasteiger partial charge >= 0.3 is 5.97 Å². The molecule has 7 heteroatoms. The van der Waals surface area contributed by atoms with E-state index in [1.165, 1.54) is 21.1 Å². The number of anilines is 1. The van der Waals surface area contributed by atoms with Crippen LogP contribution in [0.5, 0.6) is 11.5 Å². The van der Waals surface area contributed by atoms with E-state index < -0.39 is 18.0 Å². The maximum absolute atomic E-state index is 12.5. The summed E-state index contributed by atoms with van der Waals surface area (Å²) in [5.41, 5.74) is 1.52. The number of amides is 1. The van der Waals surface area contributed by atoms with Crippen molar-refractivity contribution in [1.29, 1.82) is 0 Å². The Hall–Kier alpha value is -2.73. The molecular formula is C19H20ClNO5. The van der Waals surface area contributed by atoms with Gasteiger partial charge in [0.25, 0.3) is 5.91 Å². The Bertz CT molecular complexity index is 799. The second-order valence-corrected chi connectivity index (χ2v) is 5.97. The number of carbonyl (C=O) groups is 2. The van der Waals surface area contributed by atoms with E-state index in [0.717, 1.165) is 5.56 Å². The van der Waals surface area contributed by atoms with Gasteiger partial charge in [-0.05, 0) is 43.7 Å². The van der Waals surface area contributed by atoms with Gasteiger partial charge in [0, 0.05) is 10.7 Å². The largest absolute Gasteiger partial charge is 0.496 e. The number of hydrogen-bond acceptors (Lipinski definition) is 5. The number of halogens is 1. The average Bonchev–Trinajstić information content (AvgIpc) is 2.63. The molecule has 0 bridgehead atoms. The molecule has 2 aromatic carbocycles. The van der Waals surface area contributed by atoms with Crippen molar-refractivity contribution >= 4 is 29.2 Å². The molecule has 2 rings (SSSR count). The van der Waals surface area contributed by atoms with Crippen LogP contribution in [0.2, 0.25) is 5.02 Å². The van der Waals surface area contributed by atoms with Gasteiger partial charge < -0.3 is 19.5 Å². The van der Waals surface area contributed by atoms with Gasteiger partial charge in [-0.3, -0.25) is 4.79 Å². The van der Waals surface area contributed by atoms with Gasteiger partial charge in [-0.15, -0.1) is 0 Å². The molecule has 2 aromatic rings. The van der Waals surface area contributed by atoms with Crippen molar-refractivity contribution in [2.45, 2.75) is 20.0 Å². The number of rotatable bonds is 6. The van der Waals surface area contributed by atoms with Crippen LogP contribution in [-0.4, -0.2) is 32.2 Å². The standard InChI is InChI=1S/C19H20ClNO5/c1-11-8-9-13(20)10-14(11)21-18(22)12(2)26-19(23)17-15(24-3)6-5-7-16(17)25-4/h5-10,12H,1-4H3,(H,21,22)/t12-/m0/s1. The molecule has 0 aromatic heterocycles. The normalized spacial score (nSPS) is 11.4. The van der Waals surface area contributed by atoms with Crippen LogP contribution in [0.4, 0.5) is 5.69 Å². The summed E-state index contributed by atoms with van der Waals surface area (Å²) >= 11 is 5.95. The van der Waals surface area contributed by atoms with Crippen LogP contribution in [0.25, 0.3) is 0 Å². The Balaban J connectivity index is 2.14. The van der Waals surface area contributed by atoms with Gasteiger partial charge in [0.2, 0.25) is 0 Å². The number of carbonyl (C=O) groups excluding carboxylic acids is 2. The summed E-state index contributed by atoms with van der Waals surface area (Å²) in [6.07, 6.45) is -1.03. The van der Waals surface area contributed by atoms with E-state index in [9.17, 15) is 9.59 Å². The van der Waals surface area contributed by atoms with Crippen LogP contribution in [0.3, 0.4) is 0 Å². The first-order valence-electron chi connectivity index (χ1n) is 7.86. The van der Waals surface area contributed by atoms with Crippen LogP contribution in [-0.2, 0) is 9.53 Å². The molecule has 26 heavy (non-hydrogen) atoms. The summed E-state index contributed by atoms with van der Waals surface area (Å²) < 4.78 is 15.6. The molecule has 1 amide bonds. The first-order chi connectivity index (χ1) is 12.4. The van der Waals surface area contributed by atoms with E-state index in [1.54, 1.807) is 36.4 Å². The lowest BCUT2D eigenvalue weighted by Crippen LogP contribution is -2.30. The number of esters is 1. The lowest BCUT2D eigenvalue weighted by Gasteiger charge is -2.17. The fourth-order valence-corrected chi connectivity index (χ4v) is 2.46. The summed E-state index contributed by atoms with van der Waals surface area (Å²) in [5, 5.41) is 3.20. The molecular weight excluding hydrogens is 358 g/mol. The molecule has 0 unspecified atom stereocenters. The molecule has 6 nitrogen and oxygen atoms in total. The SMILES string of the molecule is COc1cccc(OC)c1C(=O)O[C@@H](C)C(=O)Nc1cc(Cl)ccc1C. The van der Waals surface area contributed by atoms with Crippen molar-refractivity contribution in [1.82, 2.24) is 0 Å². The Labute approximate surface area is 157 Å². The highest BCUT2D eigenvalue weighted by Gasteiger charge is 2.25. The first-order valence-corrected chi connectivity index (χ1v) is 8.24. The Morgan fingerprint density at radius 1 is 1.08 bits per heavy atom. The van der Waals surface area contributed by atoms with Crippen molar-refractivity contribution in [3.8, 4) is 11.5 Å². The van der Waals surface area contributed by atoms with E-state index in [-0.39, 0.29) is 5.56 Å². The Morgan fingerprint density at radius 2 is 1.69 bits per heavy atom. The lowest BCUT2D eigenvalue weighted by molar-refractivity contribution is -0.123. The minimum atomic E-state index is -1.03. The summed E-state index contributed by atoms with van der Waals surface area (Å²) in [7, 11) is 2.87. The molecule has 0 aliphatic carbocycles. The van der Waals surface area contributed by atoms with Crippen LogP contribution >= 0.6 is 11.6 Å². The van der Waals surface area contributed by atoms with E-state index in [4.69, 9.17) is 25.8 Å². The third kappa shape index (κ3) is 4.46. The first kappa shape index (κ1) is 19.6. The van der Waals surface area contributed by atoms with E-state index in [1.807, 2.05) is 6.92 Å². The van der Waals surface area contributed by atoms with Gasteiger partial charge in [0.05, 0.1) is 14.2 Å². The zero-order chi connectivity index (χ0) is 19.3. The number of nitrogens with one attached hydrogen (secondary N) is 1. The summed E-state index contributed by atoms with van der Waals surface area (Å²) in [6, 6.07) is 10.1. The van der Waals surface area contributed by atoms with E-state index in [2.05, 4.69) is 5.32 Å². The summed E-state index contributed by atoms with van der Waals surface area (Å²) in [6.45, 7) is 3.32. The Kier molecular flexibility index (Phi) is 6.46. The van der Waals surface area contributed by atoms with Gasteiger partial charge in [0.1, 0.15) is 17.1 Å². The topological polar surface area (TPSA) is 73.9 Å². The molecule has 1 atom stereocenters. The van der Waals surface area contributed by atoms with Crippen molar-refractivity contribution in [3.05, 3.63) is 52.5 Å². The molecule has 0 radical (unpaired) electrons. The van der Waals surface area contributed by atoms with Crippen molar-refractivity contribution < 1.29 is 23.8 Å². The third-order valence-electron chi connectivity index (χ3n) is 3.74. The maximum atomic E-state index is 12.5. The number of benzene rings is 2. The summed E-state index contributed by atoms with van der Waals surface area (Å²) in [5.74, 6) is -0.595. The van der Waals surface area contributed by atoms with Crippen molar-refractivity contribution in [2.24, 2.45) is 0 Å². The molecule has 1 N–H and O–H groups in total. The minimum Gasteiger partial charge on any atom is -0.496 e. The second kappa shape index (κ2) is 8.58.